The molecule has 1 aromatic carbocycles. The van der Waals surface area contributed by atoms with Crippen molar-refractivity contribution in [2.75, 3.05) is 5.32 Å². The molecule has 0 aliphatic heterocycles. The van der Waals surface area contributed by atoms with Gasteiger partial charge in [0, 0.05) is 18.1 Å². The van der Waals surface area contributed by atoms with Crippen LogP contribution in [-0.2, 0) is 17.8 Å². The summed E-state index contributed by atoms with van der Waals surface area (Å²) < 4.78 is 16.3. The molecule has 0 radical (unpaired) electrons. The van der Waals surface area contributed by atoms with Gasteiger partial charge in [-0.05, 0) is 46.6 Å². The summed E-state index contributed by atoms with van der Waals surface area (Å²) in [4.78, 5) is 28.9. The van der Waals surface area contributed by atoms with Gasteiger partial charge in [0.2, 0.25) is 11.7 Å². The second-order valence-electron chi connectivity index (χ2n) is 5.18. The molecule has 6 nitrogen and oxygen atoms in total. The number of aromatic nitrogens is 3. The van der Waals surface area contributed by atoms with E-state index in [0.717, 1.165) is 0 Å². The quantitative estimate of drug-likeness (QED) is 0.741. The summed E-state index contributed by atoms with van der Waals surface area (Å²) in [6, 6.07) is 5.51. The molecular weight excluding hydrogens is 379 g/mol. The van der Waals surface area contributed by atoms with Gasteiger partial charge in [-0.1, -0.05) is 6.92 Å². The van der Waals surface area contributed by atoms with E-state index >= 15 is 0 Å². The van der Waals surface area contributed by atoms with E-state index in [9.17, 15) is 14.0 Å². The molecule has 0 atom stereocenters. The summed E-state index contributed by atoms with van der Waals surface area (Å²) in [5, 5.41) is 2.68. The lowest BCUT2D eigenvalue weighted by atomic mass is 10.3. The molecule has 24 heavy (non-hydrogen) atoms. The van der Waals surface area contributed by atoms with Crippen LogP contribution in [0.3, 0.4) is 0 Å². The molecule has 3 aromatic rings. The number of anilines is 1. The number of imidazole rings is 1. The van der Waals surface area contributed by atoms with Crippen LogP contribution in [0.5, 0.6) is 0 Å². The zero-order valence-corrected chi connectivity index (χ0v) is 14.4. The molecule has 1 N–H and O–H groups in total. The first-order chi connectivity index (χ1) is 11.5. The maximum atomic E-state index is 12.9. The standard InChI is InChI=1S/C16H14BrFN4O2/c1-2-12-14(17)15(24)22-8-7-21(16(22)20-12)9-13(23)19-11-5-3-10(18)4-6-11/h3-8H,2,9H2,1H3,(H,19,23). The van der Waals surface area contributed by atoms with E-state index in [-0.39, 0.29) is 23.8 Å². The molecule has 3 rings (SSSR count). The average molecular weight is 393 g/mol. The first-order valence-corrected chi connectivity index (χ1v) is 8.10. The molecule has 0 bridgehead atoms. The lowest BCUT2D eigenvalue weighted by Crippen LogP contribution is -2.21. The second kappa shape index (κ2) is 6.56. The highest BCUT2D eigenvalue weighted by Crippen LogP contribution is 2.13. The van der Waals surface area contributed by atoms with Crippen molar-refractivity contribution in [3.05, 3.63) is 63.0 Å². The van der Waals surface area contributed by atoms with Crippen molar-refractivity contribution in [3.8, 4) is 0 Å². The molecule has 0 spiro atoms. The van der Waals surface area contributed by atoms with Crippen LogP contribution < -0.4 is 10.9 Å². The highest BCUT2D eigenvalue weighted by atomic mass is 79.9. The fraction of sp³-hybridized carbons (Fsp3) is 0.188. The van der Waals surface area contributed by atoms with Gasteiger partial charge in [0.15, 0.2) is 0 Å². The number of hydrogen-bond acceptors (Lipinski definition) is 3. The van der Waals surface area contributed by atoms with Crippen molar-refractivity contribution in [2.45, 2.75) is 19.9 Å². The van der Waals surface area contributed by atoms with Crippen molar-refractivity contribution in [3.63, 3.8) is 0 Å². The minimum Gasteiger partial charge on any atom is -0.325 e. The van der Waals surface area contributed by atoms with Crippen LogP contribution in [0.25, 0.3) is 5.78 Å². The van der Waals surface area contributed by atoms with Gasteiger partial charge < -0.3 is 9.88 Å². The van der Waals surface area contributed by atoms with Crippen LogP contribution in [0.2, 0.25) is 0 Å². The first-order valence-electron chi connectivity index (χ1n) is 7.31. The molecule has 2 aromatic heterocycles. The number of rotatable bonds is 4. The van der Waals surface area contributed by atoms with Crippen LogP contribution in [0.4, 0.5) is 10.1 Å². The Bertz CT molecular complexity index is 963. The maximum Gasteiger partial charge on any atom is 0.273 e. The molecular formula is C16H14BrFN4O2. The zero-order chi connectivity index (χ0) is 17.3. The molecule has 0 saturated heterocycles. The van der Waals surface area contributed by atoms with Gasteiger partial charge in [0.05, 0.1) is 5.69 Å². The summed E-state index contributed by atoms with van der Waals surface area (Å²) in [5.74, 6) is -0.269. The minimum absolute atomic E-state index is 0.00883. The summed E-state index contributed by atoms with van der Waals surface area (Å²) in [6.07, 6.45) is 3.79. The first kappa shape index (κ1) is 16.4. The normalized spacial score (nSPS) is 11.0. The lowest BCUT2D eigenvalue weighted by molar-refractivity contribution is -0.116. The van der Waals surface area contributed by atoms with Crippen molar-refractivity contribution < 1.29 is 9.18 Å². The summed E-state index contributed by atoms with van der Waals surface area (Å²) in [6.45, 7) is 1.89. The topological polar surface area (TPSA) is 68.4 Å². The molecule has 0 aliphatic rings. The highest BCUT2D eigenvalue weighted by molar-refractivity contribution is 9.10. The Kier molecular flexibility index (Phi) is 4.48. The number of carbonyl (C=O) groups is 1. The van der Waals surface area contributed by atoms with E-state index in [2.05, 4.69) is 26.2 Å². The van der Waals surface area contributed by atoms with Gasteiger partial charge in [-0.25, -0.2) is 9.37 Å². The number of halogens is 2. The summed E-state index contributed by atoms with van der Waals surface area (Å²) >= 11 is 3.26. The number of fused-ring (bicyclic) bond motifs is 1. The van der Waals surface area contributed by atoms with E-state index in [1.54, 1.807) is 17.0 Å². The molecule has 1 amide bonds. The van der Waals surface area contributed by atoms with Crippen molar-refractivity contribution in [1.82, 2.24) is 14.0 Å². The fourth-order valence-corrected chi connectivity index (χ4v) is 2.90. The Labute approximate surface area is 145 Å². The van der Waals surface area contributed by atoms with Crippen LogP contribution in [0.1, 0.15) is 12.6 Å². The number of benzene rings is 1. The molecule has 124 valence electrons. The molecule has 0 unspecified atom stereocenters. The minimum atomic E-state index is -0.370. The average Bonchev–Trinajstić information content (AvgIpc) is 2.95. The molecule has 0 fully saturated rings. The Balaban J connectivity index is 1.87. The fourth-order valence-electron chi connectivity index (χ4n) is 2.34. The molecule has 8 heteroatoms. The highest BCUT2D eigenvalue weighted by Gasteiger charge is 2.13. The van der Waals surface area contributed by atoms with Crippen molar-refractivity contribution in [2.24, 2.45) is 0 Å². The zero-order valence-electron chi connectivity index (χ0n) is 12.8. The molecule has 0 saturated carbocycles. The summed E-state index contributed by atoms with van der Waals surface area (Å²) in [7, 11) is 0. The predicted octanol–water partition coefficient (Wildman–Crippen LogP) is 2.60. The van der Waals surface area contributed by atoms with E-state index in [1.807, 2.05) is 6.92 Å². The van der Waals surface area contributed by atoms with Crippen LogP contribution >= 0.6 is 15.9 Å². The van der Waals surface area contributed by atoms with E-state index in [0.29, 0.717) is 28.1 Å². The number of carbonyl (C=O) groups excluding carboxylic acids is 1. The SMILES string of the molecule is CCc1nc2n(CC(=O)Nc3ccc(F)cc3)ccn2c(=O)c1Br. The van der Waals surface area contributed by atoms with Gasteiger partial charge >= 0.3 is 0 Å². The Morgan fingerprint density at radius 2 is 2.00 bits per heavy atom. The lowest BCUT2D eigenvalue weighted by Gasteiger charge is -2.08. The second-order valence-corrected chi connectivity index (χ2v) is 5.98. The summed E-state index contributed by atoms with van der Waals surface area (Å²) in [5.41, 5.74) is 0.924. The maximum absolute atomic E-state index is 12.9. The molecule has 0 aliphatic carbocycles. The van der Waals surface area contributed by atoms with Crippen molar-refractivity contribution >= 4 is 33.3 Å². The van der Waals surface area contributed by atoms with Crippen molar-refractivity contribution in [1.29, 1.82) is 0 Å². The van der Waals surface area contributed by atoms with E-state index < -0.39 is 0 Å². The number of hydrogen-bond donors (Lipinski definition) is 1. The Morgan fingerprint density at radius 3 is 2.67 bits per heavy atom. The Hall–Kier alpha value is -2.48. The van der Waals surface area contributed by atoms with Gasteiger partial charge in [-0.2, -0.15) is 0 Å². The van der Waals surface area contributed by atoms with Gasteiger partial charge in [-0.3, -0.25) is 14.0 Å². The van der Waals surface area contributed by atoms with E-state index in [4.69, 9.17) is 0 Å². The van der Waals surface area contributed by atoms with Crippen LogP contribution in [-0.4, -0.2) is 19.9 Å². The smallest absolute Gasteiger partial charge is 0.273 e. The number of nitrogens with zero attached hydrogens (tertiary/aromatic N) is 3. The third-order valence-corrected chi connectivity index (χ3v) is 4.34. The van der Waals surface area contributed by atoms with Crippen LogP contribution in [0, 0.1) is 5.82 Å². The largest absolute Gasteiger partial charge is 0.325 e. The predicted molar refractivity (Wildman–Crippen MR) is 91.6 cm³/mol. The third-order valence-electron chi connectivity index (χ3n) is 3.54. The van der Waals surface area contributed by atoms with Gasteiger partial charge in [-0.15, -0.1) is 0 Å². The van der Waals surface area contributed by atoms with Gasteiger partial charge in [0.1, 0.15) is 16.8 Å². The monoisotopic (exact) mass is 392 g/mol. The van der Waals surface area contributed by atoms with Gasteiger partial charge in [0.25, 0.3) is 5.56 Å². The Morgan fingerprint density at radius 1 is 1.29 bits per heavy atom. The number of aryl methyl sites for hydroxylation is 1. The van der Waals surface area contributed by atoms with E-state index in [1.165, 1.54) is 28.7 Å². The number of amides is 1. The number of nitrogens with one attached hydrogen (secondary N) is 1. The molecule has 2 heterocycles. The van der Waals surface area contributed by atoms with Crippen LogP contribution in [0.15, 0.2) is 45.9 Å². The third kappa shape index (κ3) is 3.09.